The number of hydrogen-bond donors (Lipinski definition) is 2. The molecule has 2 fully saturated rings. The first-order chi connectivity index (χ1) is 7.06. The maximum absolute atomic E-state index is 11.8. The van der Waals surface area contributed by atoms with Gasteiger partial charge in [-0.2, -0.15) is 0 Å². The molecule has 0 bridgehead atoms. The van der Waals surface area contributed by atoms with Crippen LogP contribution in [-0.2, 0) is 9.59 Å². The van der Waals surface area contributed by atoms with Crippen molar-refractivity contribution < 1.29 is 9.59 Å². The highest BCUT2D eigenvalue weighted by Crippen LogP contribution is 2.32. The number of imide groups is 1. The van der Waals surface area contributed by atoms with Gasteiger partial charge in [0.25, 0.3) is 0 Å². The summed E-state index contributed by atoms with van der Waals surface area (Å²) >= 11 is 0. The summed E-state index contributed by atoms with van der Waals surface area (Å²) in [5.74, 6) is -0.872. The van der Waals surface area contributed by atoms with E-state index in [9.17, 15) is 9.59 Å². The number of likely N-dealkylation sites (tertiary alicyclic amines) is 2. The van der Waals surface area contributed by atoms with Gasteiger partial charge in [-0.05, 0) is 6.92 Å². The van der Waals surface area contributed by atoms with Crippen molar-refractivity contribution in [2.45, 2.75) is 6.92 Å². The van der Waals surface area contributed by atoms with Gasteiger partial charge in [0, 0.05) is 19.6 Å². The third-order valence-corrected chi connectivity index (χ3v) is 3.14. The molecule has 2 saturated heterocycles. The fourth-order valence-electron chi connectivity index (χ4n) is 2.32. The maximum atomic E-state index is 11.8. The zero-order valence-electron chi connectivity index (χ0n) is 8.56. The van der Waals surface area contributed by atoms with Gasteiger partial charge in [-0.25, -0.2) is 0 Å². The standard InChI is InChI=1S/C9H14N4O2/c1-2-13-7(14)5-3-12(9(10)11)4-6(5)8(13)15/h5-6H,2-4H2,1H3,(H3,10,11)/t5-,6-/m0/s1. The second kappa shape index (κ2) is 3.22. The molecule has 2 aliphatic rings. The minimum atomic E-state index is -0.290. The molecule has 0 aromatic rings. The lowest BCUT2D eigenvalue weighted by molar-refractivity contribution is -0.140. The number of rotatable bonds is 1. The average Bonchev–Trinajstić information content (AvgIpc) is 2.69. The second-order valence-corrected chi connectivity index (χ2v) is 3.92. The Morgan fingerprint density at radius 3 is 2.20 bits per heavy atom. The molecule has 0 aromatic carbocycles. The van der Waals surface area contributed by atoms with Crippen molar-refractivity contribution >= 4 is 17.8 Å². The fraction of sp³-hybridized carbons (Fsp3) is 0.667. The van der Waals surface area contributed by atoms with Gasteiger partial charge in [-0.3, -0.25) is 19.9 Å². The van der Waals surface area contributed by atoms with E-state index in [2.05, 4.69) is 0 Å². The van der Waals surface area contributed by atoms with Crippen LogP contribution in [0.2, 0.25) is 0 Å². The molecule has 0 saturated carbocycles. The summed E-state index contributed by atoms with van der Waals surface area (Å²) in [6, 6.07) is 0. The number of carbonyl (C=O) groups is 2. The average molecular weight is 210 g/mol. The SMILES string of the molecule is CCN1C(=O)[C@H]2CN(C(=N)N)C[C@@H]2C1=O. The van der Waals surface area contributed by atoms with Crippen LogP contribution in [0.5, 0.6) is 0 Å². The number of nitrogens with two attached hydrogens (primary N) is 1. The summed E-state index contributed by atoms with van der Waals surface area (Å²) < 4.78 is 0. The first kappa shape index (κ1) is 9.95. The summed E-state index contributed by atoms with van der Waals surface area (Å²) in [7, 11) is 0. The zero-order chi connectivity index (χ0) is 11.2. The molecule has 2 aliphatic heterocycles. The van der Waals surface area contributed by atoms with Crippen LogP contribution in [0.4, 0.5) is 0 Å². The molecule has 15 heavy (non-hydrogen) atoms. The molecular formula is C9H14N4O2. The Hall–Kier alpha value is -1.59. The van der Waals surface area contributed by atoms with Gasteiger partial charge in [-0.1, -0.05) is 0 Å². The minimum absolute atomic E-state index is 0.0620. The molecule has 0 unspecified atom stereocenters. The summed E-state index contributed by atoms with van der Waals surface area (Å²) in [6.07, 6.45) is 0. The number of guanidine groups is 1. The lowest BCUT2D eigenvalue weighted by atomic mass is 10.00. The molecule has 6 nitrogen and oxygen atoms in total. The number of amides is 2. The van der Waals surface area contributed by atoms with Crippen LogP contribution in [0.25, 0.3) is 0 Å². The number of hydrogen-bond acceptors (Lipinski definition) is 3. The van der Waals surface area contributed by atoms with Crippen molar-refractivity contribution in [3.63, 3.8) is 0 Å². The third kappa shape index (κ3) is 1.28. The molecule has 2 amide bonds. The van der Waals surface area contributed by atoms with Crippen LogP contribution in [0.15, 0.2) is 0 Å². The van der Waals surface area contributed by atoms with Gasteiger partial charge in [0.2, 0.25) is 11.8 Å². The highest BCUT2D eigenvalue weighted by molar-refractivity contribution is 6.06. The van der Waals surface area contributed by atoms with Gasteiger partial charge in [0.1, 0.15) is 0 Å². The monoisotopic (exact) mass is 210 g/mol. The molecule has 3 N–H and O–H groups in total. The highest BCUT2D eigenvalue weighted by Gasteiger charge is 2.52. The number of nitrogens with one attached hydrogen (secondary N) is 1. The van der Waals surface area contributed by atoms with Crippen LogP contribution < -0.4 is 5.73 Å². The van der Waals surface area contributed by atoms with Crippen LogP contribution >= 0.6 is 0 Å². The summed E-state index contributed by atoms with van der Waals surface area (Å²) in [5, 5.41) is 7.27. The van der Waals surface area contributed by atoms with Gasteiger partial charge in [0.15, 0.2) is 5.96 Å². The predicted molar refractivity (Wildman–Crippen MR) is 52.9 cm³/mol. The smallest absolute Gasteiger partial charge is 0.234 e. The lowest BCUT2D eigenvalue weighted by Gasteiger charge is -2.19. The lowest BCUT2D eigenvalue weighted by Crippen LogP contribution is -2.40. The number of carbonyl (C=O) groups excluding carboxylic acids is 2. The molecule has 2 rings (SSSR count). The van der Waals surface area contributed by atoms with E-state index in [-0.39, 0.29) is 29.6 Å². The van der Waals surface area contributed by atoms with Gasteiger partial charge in [0.05, 0.1) is 11.8 Å². The highest BCUT2D eigenvalue weighted by atomic mass is 16.2. The molecule has 2 heterocycles. The largest absolute Gasteiger partial charge is 0.370 e. The van der Waals surface area contributed by atoms with Crippen molar-refractivity contribution in [3.8, 4) is 0 Å². The fourth-order valence-corrected chi connectivity index (χ4v) is 2.32. The third-order valence-electron chi connectivity index (χ3n) is 3.14. The molecule has 2 atom stereocenters. The van der Waals surface area contributed by atoms with Crippen LogP contribution in [0, 0.1) is 17.2 Å². The first-order valence-corrected chi connectivity index (χ1v) is 5.00. The van der Waals surface area contributed by atoms with Crippen LogP contribution in [-0.4, -0.2) is 47.2 Å². The van der Waals surface area contributed by atoms with Gasteiger partial charge >= 0.3 is 0 Å². The topological polar surface area (TPSA) is 90.5 Å². The second-order valence-electron chi connectivity index (χ2n) is 3.92. The normalized spacial score (nSPS) is 29.9. The molecule has 0 aliphatic carbocycles. The van der Waals surface area contributed by atoms with Crippen LogP contribution in [0.3, 0.4) is 0 Å². The van der Waals surface area contributed by atoms with E-state index < -0.39 is 0 Å². The van der Waals surface area contributed by atoms with Gasteiger partial charge < -0.3 is 10.6 Å². The molecule has 0 radical (unpaired) electrons. The molecule has 0 spiro atoms. The summed E-state index contributed by atoms with van der Waals surface area (Å²) in [5.41, 5.74) is 5.33. The van der Waals surface area contributed by atoms with E-state index >= 15 is 0 Å². The Morgan fingerprint density at radius 1 is 1.40 bits per heavy atom. The Labute approximate surface area is 87.5 Å². The zero-order valence-corrected chi connectivity index (χ0v) is 8.56. The Kier molecular flexibility index (Phi) is 2.13. The van der Waals surface area contributed by atoms with Crippen molar-refractivity contribution in [2.24, 2.45) is 17.6 Å². The van der Waals surface area contributed by atoms with E-state index in [0.717, 1.165) is 0 Å². The molecular weight excluding hydrogens is 196 g/mol. The van der Waals surface area contributed by atoms with E-state index in [0.29, 0.717) is 19.6 Å². The van der Waals surface area contributed by atoms with Gasteiger partial charge in [-0.15, -0.1) is 0 Å². The quantitative estimate of drug-likeness (QED) is 0.324. The molecule has 0 aromatic heterocycles. The summed E-state index contributed by atoms with van der Waals surface area (Å²) in [4.78, 5) is 26.4. The Bertz CT molecular complexity index is 317. The first-order valence-electron chi connectivity index (χ1n) is 5.00. The van der Waals surface area contributed by atoms with Crippen molar-refractivity contribution in [2.75, 3.05) is 19.6 Å². The predicted octanol–water partition coefficient (Wildman–Crippen LogP) is -1.18. The Morgan fingerprint density at radius 2 is 1.87 bits per heavy atom. The Balaban J connectivity index is 2.18. The number of fused-ring (bicyclic) bond motifs is 1. The van der Waals surface area contributed by atoms with Crippen molar-refractivity contribution in [3.05, 3.63) is 0 Å². The minimum Gasteiger partial charge on any atom is -0.370 e. The molecule has 82 valence electrons. The van der Waals surface area contributed by atoms with E-state index in [4.69, 9.17) is 11.1 Å². The molecule has 6 heteroatoms. The van der Waals surface area contributed by atoms with Crippen molar-refractivity contribution in [1.82, 2.24) is 9.80 Å². The van der Waals surface area contributed by atoms with E-state index in [1.807, 2.05) is 0 Å². The number of nitrogens with zero attached hydrogens (tertiary/aromatic N) is 2. The maximum Gasteiger partial charge on any atom is 0.234 e. The van der Waals surface area contributed by atoms with E-state index in [1.165, 1.54) is 4.90 Å². The van der Waals surface area contributed by atoms with E-state index in [1.54, 1.807) is 11.8 Å². The van der Waals surface area contributed by atoms with Crippen molar-refractivity contribution in [1.29, 1.82) is 5.41 Å². The summed E-state index contributed by atoms with van der Waals surface area (Å²) in [6.45, 7) is 3.03. The van der Waals surface area contributed by atoms with Crippen LogP contribution in [0.1, 0.15) is 6.92 Å².